The SMILES string of the molecule is CCC(CSC)N1CC(c2ccccc2)NCC1C. The first-order valence-corrected chi connectivity index (χ1v) is 8.68. The highest BCUT2D eigenvalue weighted by molar-refractivity contribution is 7.98. The van der Waals surface area contributed by atoms with Crippen molar-refractivity contribution in [1.82, 2.24) is 10.2 Å². The van der Waals surface area contributed by atoms with E-state index >= 15 is 0 Å². The van der Waals surface area contributed by atoms with Gasteiger partial charge in [-0.05, 0) is 25.2 Å². The molecule has 1 aromatic rings. The largest absolute Gasteiger partial charge is 0.307 e. The van der Waals surface area contributed by atoms with Crippen LogP contribution in [0.15, 0.2) is 30.3 Å². The number of hydrogen-bond donors (Lipinski definition) is 1. The Hall–Kier alpha value is -0.510. The van der Waals surface area contributed by atoms with E-state index < -0.39 is 0 Å². The monoisotopic (exact) mass is 278 g/mol. The summed E-state index contributed by atoms with van der Waals surface area (Å²) < 4.78 is 0. The van der Waals surface area contributed by atoms with E-state index in [1.165, 1.54) is 17.7 Å². The molecule has 0 saturated carbocycles. The summed E-state index contributed by atoms with van der Waals surface area (Å²) in [6, 6.07) is 12.7. The third-order valence-electron chi connectivity index (χ3n) is 4.12. The minimum Gasteiger partial charge on any atom is -0.307 e. The van der Waals surface area contributed by atoms with Gasteiger partial charge in [-0.3, -0.25) is 4.90 Å². The molecule has 0 radical (unpaired) electrons. The summed E-state index contributed by atoms with van der Waals surface area (Å²) in [6.45, 7) is 6.87. The van der Waals surface area contributed by atoms with Gasteiger partial charge in [0, 0.05) is 37.0 Å². The third-order valence-corrected chi connectivity index (χ3v) is 4.84. The molecule has 1 heterocycles. The van der Waals surface area contributed by atoms with E-state index in [1.54, 1.807) is 0 Å². The number of piperazine rings is 1. The number of rotatable bonds is 5. The van der Waals surface area contributed by atoms with Gasteiger partial charge >= 0.3 is 0 Å². The van der Waals surface area contributed by atoms with Crippen LogP contribution in [0.4, 0.5) is 0 Å². The second-order valence-corrected chi connectivity index (χ2v) is 6.35. The van der Waals surface area contributed by atoms with Gasteiger partial charge in [0.15, 0.2) is 0 Å². The zero-order valence-electron chi connectivity index (χ0n) is 12.3. The predicted octanol–water partition coefficient (Wildman–Crippen LogP) is 3.16. The molecule has 1 N–H and O–H groups in total. The molecule has 3 atom stereocenters. The van der Waals surface area contributed by atoms with Crippen LogP contribution in [0.1, 0.15) is 31.9 Å². The molecule has 1 saturated heterocycles. The lowest BCUT2D eigenvalue weighted by Crippen LogP contribution is -2.55. The molecule has 106 valence electrons. The fraction of sp³-hybridized carbons (Fsp3) is 0.625. The fourth-order valence-electron chi connectivity index (χ4n) is 2.94. The van der Waals surface area contributed by atoms with Crippen molar-refractivity contribution in [3.05, 3.63) is 35.9 Å². The summed E-state index contributed by atoms with van der Waals surface area (Å²) in [4.78, 5) is 2.70. The van der Waals surface area contributed by atoms with E-state index in [2.05, 4.69) is 60.7 Å². The van der Waals surface area contributed by atoms with Crippen molar-refractivity contribution in [3.8, 4) is 0 Å². The molecule has 1 aliphatic rings. The minimum absolute atomic E-state index is 0.480. The number of hydrogen-bond acceptors (Lipinski definition) is 3. The first kappa shape index (κ1) is 14.9. The molecule has 3 heteroatoms. The summed E-state index contributed by atoms with van der Waals surface area (Å²) in [5.41, 5.74) is 1.42. The van der Waals surface area contributed by atoms with E-state index in [4.69, 9.17) is 0 Å². The molecule has 1 fully saturated rings. The summed E-state index contributed by atoms with van der Waals surface area (Å²) in [6.07, 6.45) is 3.46. The Morgan fingerprint density at radius 3 is 2.74 bits per heavy atom. The maximum absolute atomic E-state index is 3.69. The average Bonchev–Trinajstić information content (AvgIpc) is 2.46. The molecule has 0 bridgehead atoms. The zero-order valence-corrected chi connectivity index (χ0v) is 13.1. The molecule has 2 rings (SSSR count). The van der Waals surface area contributed by atoms with Crippen LogP contribution in [0.2, 0.25) is 0 Å². The first-order valence-electron chi connectivity index (χ1n) is 7.29. The van der Waals surface area contributed by atoms with Crippen LogP contribution in [0, 0.1) is 0 Å². The molecule has 1 aromatic carbocycles. The lowest BCUT2D eigenvalue weighted by atomic mass is 10.00. The number of nitrogens with one attached hydrogen (secondary N) is 1. The maximum Gasteiger partial charge on any atom is 0.0450 e. The summed E-state index contributed by atoms with van der Waals surface area (Å²) >= 11 is 1.96. The van der Waals surface area contributed by atoms with Crippen molar-refractivity contribution < 1.29 is 0 Å². The Bertz CT molecular complexity index is 368. The van der Waals surface area contributed by atoms with Crippen molar-refractivity contribution in [2.75, 3.05) is 25.1 Å². The Morgan fingerprint density at radius 1 is 1.37 bits per heavy atom. The topological polar surface area (TPSA) is 15.3 Å². The molecule has 0 spiro atoms. The van der Waals surface area contributed by atoms with Crippen molar-refractivity contribution in [1.29, 1.82) is 0 Å². The third kappa shape index (κ3) is 3.74. The second-order valence-electron chi connectivity index (χ2n) is 5.43. The van der Waals surface area contributed by atoms with Gasteiger partial charge in [-0.15, -0.1) is 0 Å². The van der Waals surface area contributed by atoms with Crippen LogP contribution in [0.5, 0.6) is 0 Å². The Labute approximate surface area is 122 Å². The van der Waals surface area contributed by atoms with Crippen LogP contribution in [0.25, 0.3) is 0 Å². The van der Waals surface area contributed by atoms with Crippen LogP contribution in [-0.2, 0) is 0 Å². The normalized spacial score (nSPS) is 26.3. The number of nitrogens with zero attached hydrogens (tertiary/aromatic N) is 1. The molecule has 2 nitrogen and oxygen atoms in total. The summed E-state index contributed by atoms with van der Waals surface area (Å²) in [7, 11) is 0. The number of thioether (sulfide) groups is 1. The van der Waals surface area contributed by atoms with Gasteiger partial charge < -0.3 is 5.32 Å². The van der Waals surface area contributed by atoms with Gasteiger partial charge in [-0.25, -0.2) is 0 Å². The van der Waals surface area contributed by atoms with Crippen LogP contribution < -0.4 is 5.32 Å². The Morgan fingerprint density at radius 2 is 2.11 bits per heavy atom. The average molecular weight is 278 g/mol. The van der Waals surface area contributed by atoms with E-state index in [1.807, 2.05) is 11.8 Å². The standard InChI is InChI=1S/C16H26N2S/c1-4-15(12-19-3)18-11-16(17-10-13(18)2)14-8-6-5-7-9-14/h5-9,13,15-17H,4,10-12H2,1-3H3. The quantitative estimate of drug-likeness (QED) is 0.890. The Kier molecular flexibility index (Phi) is 5.74. The predicted molar refractivity (Wildman–Crippen MR) is 85.8 cm³/mol. The molecule has 19 heavy (non-hydrogen) atoms. The molecule has 0 amide bonds. The van der Waals surface area contributed by atoms with E-state index in [9.17, 15) is 0 Å². The molecule has 1 aliphatic heterocycles. The van der Waals surface area contributed by atoms with Crippen molar-refractivity contribution in [2.45, 2.75) is 38.4 Å². The smallest absolute Gasteiger partial charge is 0.0450 e. The van der Waals surface area contributed by atoms with Crippen LogP contribution >= 0.6 is 11.8 Å². The van der Waals surface area contributed by atoms with E-state index in [-0.39, 0.29) is 0 Å². The van der Waals surface area contributed by atoms with E-state index in [0.717, 1.165) is 13.1 Å². The Balaban J connectivity index is 2.07. The molecule has 3 unspecified atom stereocenters. The minimum atomic E-state index is 0.480. The highest BCUT2D eigenvalue weighted by Gasteiger charge is 2.29. The first-order chi connectivity index (χ1) is 9.26. The van der Waals surface area contributed by atoms with Gasteiger partial charge in [0.2, 0.25) is 0 Å². The van der Waals surface area contributed by atoms with Gasteiger partial charge in [0.25, 0.3) is 0 Å². The second kappa shape index (κ2) is 7.32. The fourth-order valence-corrected chi connectivity index (χ4v) is 3.76. The van der Waals surface area contributed by atoms with Crippen LogP contribution in [-0.4, -0.2) is 42.1 Å². The molecular weight excluding hydrogens is 252 g/mol. The van der Waals surface area contributed by atoms with Gasteiger partial charge in [0.1, 0.15) is 0 Å². The van der Waals surface area contributed by atoms with Gasteiger partial charge in [-0.2, -0.15) is 11.8 Å². The molecule has 0 aliphatic carbocycles. The zero-order chi connectivity index (χ0) is 13.7. The van der Waals surface area contributed by atoms with E-state index in [0.29, 0.717) is 18.1 Å². The van der Waals surface area contributed by atoms with Crippen LogP contribution in [0.3, 0.4) is 0 Å². The highest BCUT2D eigenvalue weighted by atomic mass is 32.2. The summed E-state index contributed by atoms with van der Waals surface area (Å²) in [5.74, 6) is 1.24. The number of benzene rings is 1. The lowest BCUT2D eigenvalue weighted by molar-refractivity contribution is 0.0989. The summed E-state index contributed by atoms with van der Waals surface area (Å²) in [5, 5.41) is 3.69. The van der Waals surface area contributed by atoms with Crippen molar-refractivity contribution in [2.24, 2.45) is 0 Å². The molecular formula is C16H26N2S. The lowest BCUT2D eigenvalue weighted by Gasteiger charge is -2.43. The van der Waals surface area contributed by atoms with Gasteiger partial charge in [0.05, 0.1) is 0 Å². The highest BCUT2D eigenvalue weighted by Crippen LogP contribution is 2.23. The van der Waals surface area contributed by atoms with Crippen molar-refractivity contribution in [3.63, 3.8) is 0 Å². The van der Waals surface area contributed by atoms with Gasteiger partial charge in [-0.1, -0.05) is 37.3 Å². The molecule has 0 aromatic heterocycles. The maximum atomic E-state index is 3.69. The van der Waals surface area contributed by atoms with Crippen molar-refractivity contribution >= 4 is 11.8 Å².